The third-order valence-corrected chi connectivity index (χ3v) is 2.80. The van der Waals surface area contributed by atoms with Crippen LogP contribution in [0.15, 0.2) is 0 Å². The molecule has 1 saturated heterocycles. The highest BCUT2D eigenvalue weighted by molar-refractivity contribution is 7.99. The number of thioether (sulfide) groups is 1. The Hall–Kier alpha value is 0.230. The third-order valence-electron chi connectivity index (χ3n) is 1.65. The van der Waals surface area contributed by atoms with Crippen molar-refractivity contribution in [3.05, 3.63) is 0 Å². The van der Waals surface area contributed by atoms with Gasteiger partial charge in [-0.05, 0) is 0 Å². The van der Waals surface area contributed by atoms with E-state index in [2.05, 4.69) is 0 Å². The summed E-state index contributed by atoms with van der Waals surface area (Å²) in [6.07, 6.45) is 0. The van der Waals surface area contributed by atoms with Gasteiger partial charge in [-0.3, -0.25) is 0 Å². The zero-order valence-corrected chi connectivity index (χ0v) is 6.56. The molecule has 0 aromatic carbocycles. The average Bonchev–Trinajstić information content (AvgIpc) is 2.06. The third kappa shape index (κ3) is 1.63. The molecular formula is C6H12O3S. The van der Waals surface area contributed by atoms with Gasteiger partial charge in [0.15, 0.2) is 0 Å². The quantitative estimate of drug-likeness (QED) is 0.587. The van der Waals surface area contributed by atoms with Crippen molar-refractivity contribution in [2.45, 2.75) is 0 Å². The second-order valence-electron chi connectivity index (χ2n) is 2.63. The Morgan fingerprint density at radius 1 is 1.40 bits per heavy atom. The summed E-state index contributed by atoms with van der Waals surface area (Å²) in [6, 6.07) is 0. The minimum atomic E-state index is -0.386. The summed E-state index contributed by atoms with van der Waals surface area (Å²) >= 11 is 1.61. The molecule has 0 atom stereocenters. The Morgan fingerprint density at radius 3 is 2.40 bits per heavy atom. The van der Waals surface area contributed by atoms with E-state index in [9.17, 15) is 0 Å². The van der Waals surface area contributed by atoms with Crippen molar-refractivity contribution in [2.75, 3.05) is 31.5 Å². The number of hydrogen-bond acceptors (Lipinski definition) is 4. The molecule has 0 radical (unpaired) electrons. The molecule has 0 aromatic heterocycles. The maximum absolute atomic E-state index is 8.89. The molecule has 1 heterocycles. The fourth-order valence-electron chi connectivity index (χ4n) is 0.850. The highest BCUT2D eigenvalue weighted by Crippen LogP contribution is 2.27. The molecule has 3 nitrogen and oxygen atoms in total. The zero-order valence-electron chi connectivity index (χ0n) is 5.75. The van der Waals surface area contributed by atoms with Crippen molar-refractivity contribution < 1.29 is 14.9 Å². The summed E-state index contributed by atoms with van der Waals surface area (Å²) in [5, 5.41) is 17.8. The molecule has 0 aromatic rings. The van der Waals surface area contributed by atoms with Crippen LogP contribution in [0.2, 0.25) is 0 Å². The van der Waals surface area contributed by atoms with Crippen molar-refractivity contribution in [1.29, 1.82) is 0 Å². The van der Waals surface area contributed by atoms with E-state index < -0.39 is 0 Å². The van der Waals surface area contributed by atoms with Gasteiger partial charge in [0.25, 0.3) is 0 Å². The first-order valence-electron chi connectivity index (χ1n) is 3.20. The van der Waals surface area contributed by atoms with Crippen LogP contribution in [-0.2, 0) is 4.74 Å². The molecule has 1 fully saturated rings. The lowest BCUT2D eigenvalue weighted by Gasteiger charge is -2.32. The monoisotopic (exact) mass is 164 g/mol. The summed E-state index contributed by atoms with van der Waals surface area (Å²) in [5.74, 6) is 1.47. The van der Waals surface area contributed by atoms with E-state index in [4.69, 9.17) is 14.9 Å². The maximum Gasteiger partial charge on any atom is 0.0921 e. The first kappa shape index (κ1) is 8.33. The van der Waals surface area contributed by atoms with Gasteiger partial charge in [0.1, 0.15) is 0 Å². The van der Waals surface area contributed by atoms with E-state index >= 15 is 0 Å². The molecule has 0 spiro atoms. The van der Waals surface area contributed by atoms with Crippen molar-refractivity contribution in [1.82, 2.24) is 0 Å². The van der Waals surface area contributed by atoms with Crippen LogP contribution in [-0.4, -0.2) is 41.7 Å². The second kappa shape index (κ2) is 3.57. The smallest absolute Gasteiger partial charge is 0.0921 e. The van der Waals surface area contributed by atoms with Gasteiger partial charge in [-0.2, -0.15) is 0 Å². The van der Waals surface area contributed by atoms with Gasteiger partial charge in [-0.25, -0.2) is 0 Å². The zero-order chi connectivity index (χ0) is 7.45. The van der Waals surface area contributed by atoms with Crippen molar-refractivity contribution >= 4 is 11.8 Å². The lowest BCUT2D eigenvalue weighted by molar-refractivity contribution is -0.00725. The van der Waals surface area contributed by atoms with Gasteiger partial charge in [0.05, 0.1) is 25.8 Å². The number of rotatable bonds is 2. The SMILES string of the molecule is OCC1(CO)COCSC1. The van der Waals surface area contributed by atoms with Crippen molar-refractivity contribution in [3.63, 3.8) is 0 Å². The second-order valence-corrected chi connectivity index (χ2v) is 3.56. The molecule has 0 saturated carbocycles. The van der Waals surface area contributed by atoms with Crippen LogP contribution in [0.1, 0.15) is 0 Å². The maximum atomic E-state index is 8.89. The standard InChI is InChI=1S/C6H12O3S/c7-1-6(2-8)3-9-5-10-4-6/h7-8H,1-5H2. The molecule has 1 aliphatic rings. The lowest BCUT2D eigenvalue weighted by atomic mass is 9.94. The molecular weight excluding hydrogens is 152 g/mol. The van der Waals surface area contributed by atoms with E-state index in [-0.39, 0.29) is 18.6 Å². The topological polar surface area (TPSA) is 49.7 Å². The summed E-state index contributed by atoms with van der Waals surface area (Å²) in [6.45, 7) is 0.500. The van der Waals surface area contributed by atoms with Crippen LogP contribution in [0.5, 0.6) is 0 Å². The summed E-state index contributed by atoms with van der Waals surface area (Å²) in [7, 11) is 0. The number of ether oxygens (including phenoxy) is 1. The first-order chi connectivity index (χ1) is 4.83. The minimum Gasteiger partial charge on any atom is -0.396 e. The number of aliphatic hydroxyl groups is 2. The highest BCUT2D eigenvalue weighted by Gasteiger charge is 2.31. The summed E-state index contributed by atoms with van der Waals surface area (Å²) in [4.78, 5) is 0. The van der Waals surface area contributed by atoms with Crippen LogP contribution in [0.3, 0.4) is 0 Å². The summed E-state index contributed by atoms with van der Waals surface area (Å²) in [5.41, 5.74) is -0.386. The van der Waals surface area contributed by atoms with Crippen molar-refractivity contribution in [2.24, 2.45) is 5.41 Å². The van der Waals surface area contributed by atoms with Gasteiger partial charge < -0.3 is 14.9 Å². The Morgan fingerprint density at radius 2 is 2.10 bits per heavy atom. The van der Waals surface area contributed by atoms with E-state index in [1.54, 1.807) is 11.8 Å². The molecule has 60 valence electrons. The molecule has 10 heavy (non-hydrogen) atoms. The van der Waals surface area contributed by atoms with E-state index in [0.29, 0.717) is 12.5 Å². The molecule has 0 unspecified atom stereocenters. The van der Waals surface area contributed by atoms with Crippen molar-refractivity contribution in [3.8, 4) is 0 Å². The Bertz CT molecular complexity index is 95.2. The van der Waals surface area contributed by atoms with Crippen LogP contribution < -0.4 is 0 Å². The molecule has 0 amide bonds. The van der Waals surface area contributed by atoms with Crippen LogP contribution in [0.4, 0.5) is 0 Å². The largest absolute Gasteiger partial charge is 0.396 e. The van der Waals surface area contributed by atoms with Gasteiger partial charge in [0, 0.05) is 11.2 Å². The number of aliphatic hydroxyl groups excluding tert-OH is 2. The highest BCUT2D eigenvalue weighted by atomic mass is 32.2. The van der Waals surface area contributed by atoms with E-state index in [1.807, 2.05) is 0 Å². The molecule has 1 rings (SSSR count). The Balaban J connectivity index is 2.44. The van der Waals surface area contributed by atoms with Gasteiger partial charge in [0.2, 0.25) is 0 Å². The molecule has 0 bridgehead atoms. The minimum absolute atomic E-state index is 0.0104. The van der Waals surface area contributed by atoms with Gasteiger partial charge in [-0.15, -0.1) is 11.8 Å². The lowest BCUT2D eigenvalue weighted by Crippen LogP contribution is -2.40. The predicted octanol–water partition coefficient (Wildman–Crippen LogP) is -0.322. The van der Waals surface area contributed by atoms with E-state index in [0.717, 1.165) is 5.75 Å². The van der Waals surface area contributed by atoms with Gasteiger partial charge in [-0.1, -0.05) is 0 Å². The molecule has 0 aliphatic carbocycles. The normalized spacial score (nSPS) is 24.6. The Kier molecular flexibility index (Phi) is 2.97. The predicted molar refractivity (Wildman–Crippen MR) is 39.9 cm³/mol. The first-order valence-corrected chi connectivity index (χ1v) is 4.36. The molecule has 4 heteroatoms. The average molecular weight is 164 g/mol. The van der Waals surface area contributed by atoms with Gasteiger partial charge >= 0.3 is 0 Å². The van der Waals surface area contributed by atoms with Crippen LogP contribution >= 0.6 is 11.8 Å². The summed E-state index contributed by atoms with van der Waals surface area (Å²) < 4.78 is 5.11. The number of hydrogen-bond donors (Lipinski definition) is 2. The molecule has 2 N–H and O–H groups in total. The fraction of sp³-hybridized carbons (Fsp3) is 1.00. The molecule has 1 aliphatic heterocycles. The van der Waals surface area contributed by atoms with Crippen LogP contribution in [0, 0.1) is 5.41 Å². The van der Waals surface area contributed by atoms with E-state index in [1.165, 1.54) is 0 Å². The fourth-order valence-corrected chi connectivity index (χ4v) is 1.83. The Labute approximate surface area is 64.4 Å². The van der Waals surface area contributed by atoms with Crippen LogP contribution in [0.25, 0.3) is 0 Å².